The van der Waals surface area contributed by atoms with Gasteiger partial charge in [0.25, 0.3) is 11.5 Å². The molecule has 0 radical (unpaired) electrons. The van der Waals surface area contributed by atoms with Crippen molar-refractivity contribution in [1.29, 1.82) is 0 Å². The van der Waals surface area contributed by atoms with Gasteiger partial charge in [-0.3, -0.25) is 14.2 Å². The molecule has 0 aliphatic carbocycles. The quantitative estimate of drug-likeness (QED) is 0.372. The number of para-hydroxylation sites is 2. The van der Waals surface area contributed by atoms with E-state index in [-0.39, 0.29) is 22.6 Å². The van der Waals surface area contributed by atoms with Crippen molar-refractivity contribution < 1.29 is 19.1 Å². The first-order valence-electron chi connectivity index (χ1n) is 11.8. The monoisotopic (exact) mass is 515 g/mol. The number of benzene rings is 2. The number of carbonyl (C=O) groups excluding carboxylic acids is 2. The zero-order valence-electron chi connectivity index (χ0n) is 20.7. The summed E-state index contributed by atoms with van der Waals surface area (Å²) in [6.07, 6.45) is 1.65. The molecule has 8 nitrogen and oxygen atoms in total. The zero-order valence-corrected chi connectivity index (χ0v) is 21.5. The highest BCUT2D eigenvalue weighted by molar-refractivity contribution is 7.07. The number of fused-ring (bicyclic) bond motifs is 2. The molecule has 3 aromatic rings. The molecule has 0 saturated heterocycles. The molecule has 5 rings (SSSR count). The van der Waals surface area contributed by atoms with Crippen LogP contribution in [-0.2, 0) is 14.3 Å². The molecule has 0 unspecified atom stereocenters. The average Bonchev–Trinajstić information content (AvgIpc) is 3.36. The number of anilines is 1. The van der Waals surface area contributed by atoms with Crippen LogP contribution in [0.15, 0.2) is 82.2 Å². The van der Waals surface area contributed by atoms with Gasteiger partial charge >= 0.3 is 5.97 Å². The van der Waals surface area contributed by atoms with Crippen LogP contribution in [-0.4, -0.2) is 36.7 Å². The fourth-order valence-corrected chi connectivity index (χ4v) is 5.98. The SMILES string of the molecule is C=CCN1C(=O)/C(=c2/sc3n(c2=O)[C@H](c2ccccc2OC)C(C(=O)OCC)=C(C)N=3)c2ccccc21. The third-order valence-electron chi connectivity index (χ3n) is 6.39. The summed E-state index contributed by atoms with van der Waals surface area (Å²) in [6.45, 7) is 7.69. The van der Waals surface area contributed by atoms with Crippen molar-refractivity contribution in [1.82, 2.24) is 4.57 Å². The summed E-state index contributed by atoms with van der Waals surface area (Å²) in [6, 6.07) is 13.7. The van der Waals surface area contributed by atoms with E-state index in [0.717, 1.165) is 17.0 Å². The Morgan fingerprint density at radius 1 is 1.16 bits per heavy atom. The first-order chi connectivity index (χ1) is 17.9. The van der Waals surface area contributed by atoms with Crippen LogP contribution in [0.25, 0.3) is 5.57 Å². The molecule has 188 valence electrons. The van der Waals surface area contributed by atoms with E-state index >= 15 is 0 Å². The maximum absolute atomic E-state index is 14.1. The molecule has 0 bridgehead atoms. The van der Waals surface area contributed by atoms with E-state index in [0.29, 0.717) is 39.5 Å². The number of esters is 1. The summed E-state index contributed by atoms with van der Waals surface area (Å²) in [5.74, 6) is -0.319. The normalized spacial score (nSPS) is 17.8. The van der Waals surface area contributed by atoms with Crippen LogP contribution in [0.2, 0.25) is 0 Å². The minimum Gasteiger partial charge on any atom is -0.496 e. The number of allylic oxidation sites excluding steroid dienone is 1. The number of hydrogen-bond donors (Lipinski definition) is 0. The Labute approximate surface area is 217 Å². The number of amides is 1. The second-order valence-corrected chi connectivity index (χ2v) is 9.44. The van der Waals surface area contributed by atoms with Gasteiger partial charge in [0.05, 0.1) is 36.2 Å². The predicted molar refractivity (Wildman–Crippen MR) is 141 cm³/mol. The number of carbonyl (C=O) groups is 2. The van der Waals surface area contributed by atoms with Crippen LogP contribution in [0.1, 0.15) is 31.0 Å². The largest absolute Gasteiger partial charge is 0.496 e. The number of ether oxygens (including phenoxy) is 2. The summed E-state index contributed by atoms with van der Waals surface area (Å²) in [7, 11) is 1.54. The molecule has 1 aromatic heterocycles. The molecular weight excluding hydrogens is 490 g/mol. The van der Waals surface area contributed by atoms with Crippen molar-refractivity contribution in [2.24, 2.45) is 4.99 Å². The number of methoxy groups -OCH3 is 1. The molecule has 9 heteroatoms. The molecule has 0 N–H and O–H groups in total. The Bertz CT molecular complexity index is 1660. The summed E-state index contributed by atoms with van der Waals surface area (Å²) in [4.78, 5) is 47.4. The van der Waals surface area contributed by atoms with E-state index in [1.165, 1.54) is 11.7 Å². The molecule has 1 amide bonds. The zero-order chi connectivity index (χ0) is 26.3. The highest BCUT2D eigenvalue weighted by Gasteiger charge is 2.37. The highest BCUT2D eigenvalue weighted by Crippen LogP contribution is 2.37. The van der Waals surface area contributed by atoms with Crippen LogP contribution >= 0.6 is 11.3 Å². The number of rotatable bonds is 6. The van der Waals surface area contributed by atoms with Crippen molar-refractivity contribution >= 4 is 34.5 Å². The Morgan fingerprint density at radius 2 is 1.89 bits per heavy atom. The van der Waals surface area contributed by atoms with Gasteiger partial charge in [-0.1, -0.05) is 53.8 Å². The Hall–Kier alpha value is -4.24. The maximum Gasteiger partial charge on any atom is 0.338 e. The summed E-state index contributed by atoms with van der Waals surface area (Å²) in [5, 5.41) is 0. The van der Waals surface area contributed by atoms with Crippen molar-refractivity contribution in [3.8, 4) is 5.75 Å². The lowest BCUT2D eigenvalue weighted by molar-refractivity contribution is -0.139. The Kier molecular flexibility index (Phi) is 6.39. The van der Waals surface area contributed by atoms with Crippen LogP contribution in [0, 0.1) is 0 Å². The number of aromatic nitrogens is 1. The second-order valence-electron chi connectivity index (χ2n) is 8.46. The Morgan fingerprint density at radius 3 is 2.62 bits per heavy atom. The fourth-order valence-electron chi connectivity index (χ4n) is 4.84. The summed E-state index contributed by atoms with van der Waals surface area (Å²) in [5.41, 5.74) is 2.62. The minimum atomic E-state index is -0.836. The van der Waals surface area contributed by atoms with Gasteiger partial charge in [0.2, 0.25) is 0 Å². The lowest BCUT2D eigenvalue weighted by Crippen LogP contribution is -2.41. The van der Waals surface area contributed by atoms with Gasteiger partial charge in [0.1, 0.15) is 16.3 Å². The van der Waals surface area contributed by atoms with Gasteiger partial charge in [0, 0.05) is 17.7 Å². The van der Waals surface area contributed by atoms with Crippen molar-refractivity contribution in [2.45, 2.75) is 19.9 Å². The summed E-state index contributed by atoms with van der Waals surface area (Å²) >= 11 is 1.14. The van der Waals surface area contributed by atoms with Gasteiger partial charge in [-0.25, -0.2) is 9.79 Å². The van der Waals surface area contributed by atoms with E-state index in [1.54, 1.807) is 30.9 Å². The van der Waals surface area contributed by atoms with Crippen molar-refractivity contribution in [2.75, 3.05) is 25.2 Å². The average molecular weight is 516 g/mol. The van der Waals surface area contributed by atoms with Gasteiger partial charge < -0.3 is 14.4 Å². The van der Waals surface area contributed by atoms with Crippen molar-refractivity contribution in [3.63, 3.8) is 0 Å². The Balaban J connectivity index is 1.84. The van der Waals surface area contributed by atoms with Crippen molar-refractivity contribution in [3.05, 3.63) is 103 Å². The third kappa shape index (κ3) is 3.82. The molecule has 2 aliphatic heterocycles. The number of thiazole rings is 1. The molecule has 37 heavy (non-hydrogen) atoms. The van der Waals surface area contributed by atoms with Gasteiger partial charge in [-0.2, -0.15) is 0 Å². The van der Waals surface area contributed by atoms with E-state index in [4.69, 9.17) is 9.47 Å². The van der Waals surface area contributed by atoms with Gasteiger partial charge in [-0.05, 0) is 26.0 Å². The topological polar surface area (TPSA) is 90.2 Å². The lowest BCUT2D eigenvalue weighted by atomic mass is 9.95. The van der Waals surface area contributed by atoms with E-state index in [9.17, 15) is 14.4 Å². The smallest absolute Gasteiger partial charge is 0.338 e. The molecule has 0 spiro atoms. The minimum absolute atomic E-state index is 0.174. The summed E-state index contributed by atoms with van der Waals surface area (Å²) < 4.78 is 12.7. The first-order valence-corrected chi connectivity index (χ1v) is 12.6. The molecule has 0 saturated carbocycles. The molecule has 0 fully saturated rings. The van der Waals surface area contributed by atoms with E-state index < -0.39 is 17.6 Å². The van der Waals surface area contributed by atoms with E-state index in [1.807, 2.05) is 42.5 Å². The molecule has 2 aromatic carbocycles. The van der Waals surface area contributed by atoms with Crippen LogP contribution in [0.3, 0.4) is 0 Å². The molecule has 2 aliphatic rings. The maximum atomic E-state index is 14.1. The molecule has 3 heterocycles. The third-order valence-corrected chi connectivity index (χ3v) is 7.44. The predicted octanol–water partition coefficient (Wildman–Crippen LogP) is 2.71. The standard InChI is InChI=1S/C28H25N3O5S/c1-5-15-30-19-13-9-7-11-17(19)22(25(30)32)24-26(33)31-23(18-12-8-10-14-20(18)35-4)21(27(34)36-6-2)16(3)29-28(31)37-24/h5,7-14,23H,1,6,15H2,2-4H3/b24-22+/t23-/m1/s1. The molecular formula is C28H25N3O5S. The number of nitrogens with zero attached hydrogens (tertiary/aromatic N) is 3. The van der Waals surface area contributed by atoms with Crippen LogP contribution in [0.4, 0.5) is 5.69 Å². The van der Waals surface area contributed by atoms with Gasteiger partial charge in [-0.15, -0.1) is 6.58 Å². The fraction of sp³-hybridized carbons (Fsp3) is 0.214. The van der Waals surface area contributed by atoms with Crippen LogP contribution in [0.5, 0.6) is 5.75 Å². The van der Waals surface area contributed by atoms with Gasteiger partial charge in [0.15, 0.2) is 4.80 Å². The lowest BCUT2D eigenvalue weighted by Gasteiger charge is -2.25. The van der Waals surface area contributed by atoms with E-state index in [2.05, 4.69) is 11.6 Å². The van der Waals surface area contributed by atoms with Crippen LogP contribution < -0.4 is 24.5 Å². The first kappa shape index (κ1) is 24.5. The number of hydrogen-bond acceptors (Lipinski definition) is 7. The highest BCUT2D eigenvalue weighted by atomic mass is 32.1. The molecule has 1 atom stereocenters. The second kappa shape index (κ2) is 9.67.